The highest BCUT2D eigenvalue weighted by molar-refractivity contribution is 7.89. The molecule has 1 aromatic rings. The number of hydrogen-bond donors (Lipinski definition) is 1. The van der Waals surface area contributed by atoms with Crippen LogP contribution < -0.4 is 0 Å². The average molecular weight is 275 g/mol. The predicted molar refractivity (Wildman–Crippen MR) is 63.1 cm³/mol. The highest BCUT2D eigenvalue weighted by Crippen LogP contribution is 2.15. The second-order valence-electron chi connectivity index (χ2n) is 3.78. The van der Waals surface area contributed by atoms with Gasteiger partial charge < -0.3 is 5.11 Å². The Morgan fingerprint density at radius 2 is 1.89 bits per heavy atom. The number of sulfonamides is 1. The normalized spacial score (nSPS) is 11.7. The molecule has 0 fully saturated rings. The lowest BCUT2D eigenvalue weighted by molar-refractivity contribution is -0.137. The molecule has 7 heteroatoms. The molecule has 1 aromatic carbocycles. The maximum absolute atomic E-state index is 12.7. The van der Waals surface area contributed by atoms with Gasteiger partial charge in [-0.25, -0.2) is 17.1 Å². The smallest absolute Gasteiger partial charge is 0.303 e. The Hall–Kier alpha value is -1.47. The van der Waals surface area contributed by atoms with Crippen LogP contribution >= 0.6 is 0 Å². The van der Waals surface area contributed by atoms with Crippen molar-refractivity contribution in [3.8, 4) is 0 Å². The van der Waals surface area contributed by atoms with Crippen LogP contribution in [0.25, 0.3) is 0 Å². The Morgan fingerprint density at radius 1 is 1.33 bits per heavy atom. The Labute approximate surface area is 105 Å². The molecule has 100 valence electrons. The molecule has 1 N–H and O–H groups in total. The molecule has 5 nitrogen and oxygen atoms in total. The van der Waals surface area contributed by atoms with Crippen molar-refractivity contribution in [2.45, 2.75) is 17.7 Å². The van der Waals surface area contributed by atoms with Crippen molar-refractivity contribution in [3.63, 3.8) is 0 Å². The van der Waals surface area contributed by atoms with Crippen LogP contribution in [0.4, 0.5) is 4.39 Å². The number of carboxylic acids is 1. The molecule has 18 heavy (non-hydrogen) atoms. The van der Waals surface area contributed by atoms with Crippen molar-refractivity contribution in [2.75, 3.05) is 13.6 Å². The van der Waals surface area contributed by atoms with Crippen LogP contribution in [-0.4, -0.2) is 37.4 Å². The number of aliphatic carboxylic acids is 1. The van der Waals surface area contributed by atoms with E-state index < -0.39 is 21.8 Å². The molecule has 1 rings (SSSR count). The molecule has 0 atom stereocenters. The van der Waals surface area contributed by atoms with Crippen LogP contribution in [0, 0.1) is 5.82 Å². The molecule has 0 aliphatic heterocycles. The summed E-state index contributed by atoms with van der Waals surface area (Å²) < 4.78 is 37.7. The van der Waals surface area contributed by atoms with Gasteiger partial charge in [0.2, 0.25) is 10.0 Å². The topological polar surface area (TPSA) is 74.7 Å². The average Bonchev–Trinajstić information content (AvgIpc) is 2.28. The molecule has 0 bridgehead atoms. The maximum atomic E-state index is 12.7. The molecular weight excluding hydrogens is 261 g/mol. The molecule has 0 spiro atoms. The first-order valence-electron chi connectivity index (χ1n) is 5.28. The second kappa shape index (κ2) is 5.92. The molecule has 0 unspecified atom stereocenters. The van der Waals surface area contributed by atoms with E-state index >= 15 is 0 Å². The van der Waals surface area contributed by atoms with Crippen LogP contribution in [0.15, 0.2) is 29.2 Å². The molecule has 0 aliphatic carbocycles. The van der Waals surface area contributed by atoms with Crippen LogP contribution in [0.1, 0.15) is 12.8 Å². The Morgan fingerprint density at radius 3 is 2.39 bits per heavy atom. The van der Waals surface area contributed by atoms with Gasteiger partial charge in [0.15, 0.2) is 0 Å². The lowest BCUT2D eigenvalue weighted by Gasteiger charge is -2.16. The minimum absolute atomic E-state index is 0.0123. The molecule has 0 saturated carbocycles. The number of hydrogen-bond acceptors (Lipinski definition) is 3. The first-order valence-corrected chi connectivity index (χ1v) is 6.72. The van der Waals surface area contributed by atoms with Crippen molar-refractivity contribution < 1.29 is 22.7 Å². The summed E-state index contributed by atoms with van der Waals surface area (Å²) >= 11 is 0. The summed E-state index contributed by atoms with van der Waals surface area (Å²) in [6.07, 6.45) is 0.134. The Kier molecular flexibility index (Phi) is 4.80. The first-order chi connectivity index (χ1) is 8.34. The molecule has 0 heterocycles. The summed E-state index contributed by atoms with van der Waals surface area (Å²) in [4.78, 5) is 10.3. The monoisotopic (exact) mass is 275 g/mol. The van der Waals surface area contributed by atoms with Gasteiger partial charge in [-0.15, -0.1) is 0 Å². The fourth-order valence-corrected chi connectivity index (χ4v) is 2.57. The molecule has 0 amide bonds. The van der Waals surface area contributed by atoms with Crippen molar-refractivity contribution in [3.05, 3.63) is 30.1 Å². The van der Waals surface area contributed by atoms with Gasteiger partial charge in [-0.2, -0.15) is 0 Å². The van der Waals surface area contributed by atoms with E-state index in [9.17, 15) is 17.6 Å². The van der Waals surface area contributed by atoms with Gasteiger partial charge in [-0.1, -0.05) is 0 Å². The largest absolute Gasteiger partial charge is 0.481 e. The fourth-order valence-electron chi connectivity index (χ4n) is 1.36. The quantitative estimate of drug-likeness (QED) is 0.849. The standard InChI is InChI=1S/C11H14FNO4S/c1-13(8-2-3-11(14)15)18(16,17)10-6-4-9(12)5-7-10/h4-7H,2-3,8H2,1H3,(H,14,15). The minimum atomic E-state index is -3.68. The van der Waals surface area contributed by atoms with Crippen LogP contribution in [0.5, 0.6) is 0 Å². The third kappa shape index (κ3) is 3.78. The van der Waals surface area contributed by atoms with E-state index in [4.69, 9.17) is 5.11 Å². The number of benzene rings is 1. The second-order valence-corrected chi connectivity index (χ2v) is 5.82. The van der Waals surface area contributed by atoms with E-state index in [1.807, 2.05) is 0 Å². The Balaban J connectivity index is 2.73. The predicted octanol–water partition coefficient (Wildman–Crippen LogP) is 1.31. The first kappa shape index (κ1) is 14.6. The van der Waals surface area contributed by atoms with Gasteiger partial charge in [-0.3, -0.25) is 4.79 Å². The zero-order valence-electron chi connectivity index (χ0n) is 9.84. The van der Waals surface area contributed by atoms with Gasteiger partial charge in [0.1, 0.15) is 5.82 Å². The van der Waals surface area contributed by atoms with Crippen molar-refractivity contribution in [1.29, 1.82) is 0 Å². The number of halogens is 1. The number of carbonyl (C=O) groups is 1. The summed E-state index contributed by atoms with van der Waals surface area (Å²) in [5.41, 5.74) is 0. The highest BCUT2D eigenvalue weighted by atomic mass is 32.2. The van der Waals surface area contributed by atoms with E-state index in [-0.39, 0.29) is 24.3 Å². The van der Waals surface area contributed by atoms with Gasteiger partial charge in [-0.05, 0) is 30.7 Å². The van der Waals surface area contributed by atoms with E-state index in [0.29, 0.717) is 0 Å². The summed E-state index contributed by atoms with van der Waals surface area (Å²) in [5.74, 6) is -1.48. The minimum Gasteiger partial charge on any atom is -0.481 e. The van der Waals surface area contributed by atoms with Gasteiger partial charge >= 0.3 is 5.97 Å². The third-order valence-electron chi connectivity index (χ3n) is 2.39. The molecule has 0 aromatic heterocycles. The summed E-state index contributed by atoms with van der Waals surface area (Å²) in [6, 6.07) is 4.49. The fraction of sp³-hybridized carbons (Fsp3) is 0.364. The van der Waals surface area contributed by atoms with Gasteiger partial charge in [0, 0.05) is 20.0 Å². The maximum Gasteiger partial charge on any atom is 0.303 e. The lowest BCUT2D eigenvalue weighted by atomic mass is 10.3. The highest BCUT2D eigenvalue weighted by Gasteiger charge is 2.20. The number of carboxylic acid groups (broad SMARTS) is 1. The van der Waals surface area contributed by atoms with Gasteiger partial charge in [0.05, 0.1) is 4.90 Å². The van der Waals surface area contributed by atoms with E-state index in [0.717, 1.165) is 16.4 Å². The van der Waals surface area contributed by atoms with Crippen molar-refractivity contribution >= 4 is 16.0 Å². The van der Waals surface area contributed by atoms with E-state index in [1.54, 1.807) is 0 Å². The molecule has 0 radical (unpaired) electrons. The number of nitrogens with zero attached hydrogens (tertiary/aromatic N) is 1. The summed E-state index contributed by atoms with van der Waals surface area (Å²) in [7, 11) is -2.32. The Bertz CT molecular complexity index is 512. The van der Waals surface area contributed by atoms with Crippen LogP contribution in [0.2, 0.25) is 0 Å². The number of rotatable bonds is 6. The summed E-state index contributed by atoms with van der Waals surface area (Å²) in [5, 5.41) is 8.47. The third-order valence-corrected chi connectivity index (χ3v) is 4.26. The molecular formula is C11H14FNO4S. The van der Waals surface area contributed by atoms with E-state index in [2.05, 4.69) is 0 Å². The summed E-state index contributed by atoms with van der Waals surface area (Å²) in [6.45, 7) is 0.103. The van der Waals surface area contributed by atoms with E-state index in [1.165, 1.54) is 19.2 Å². The zero-order chi connectivity index (χ0) is 13.8. The molecule has 0 saturated heterocycles. The van der Waals surface area contributed by atoms with Crippen LogP contribution in [-0.2, 0) is 14.8 Å². The zero-order valence-corrected chi connectivity index (χ0v) is 10.7. The SMILES string of the molecule is CN(CCCC(=O)O)S(=O)(=O)c1ccc(F)cc1. The van der Waals surface area contributed by atoms with Gasteiger partial charge in [0.25, 0.3) is 0 Å². The molecule has 0 aliphatic rings. The lowest BCUT2D eigenvalue weighted by Crippen LogP contribution is -2.28. The van der Waals surface area contributed by atoms with Crippen molar-refractivity contribution in [2.24, 2.45) is 0 Å². The van der Waals surface area contributed by atoms with Crippen molar-refractivity contribution in [1.82, 2.24) is 4.31 Å². The van der Waals surface area contributed by atoms with Crippen LogP contribution in [0.3, 0.4) is 0 Å².